The molecule has 1 amide bonds. The minimum absolute atomic E-state index is 0.328. The molecule has 0 saturated heterocycles. The smallest absolute Gasteiger partial charge is 0.253 e. The van der Waals surface area contributed by atoms with E-state index in [1.54, 1.807) is 6.07 Å². The van der Waals surface area contributed by atoms with E-state index in [9.17, 15) is 9.90 Å². The van der Waals surface area contributed by atoms with Crippen molar-refractivity contribution in [3.63, 3.8) is 0 Å². The van der Waals surface area contributed by atoms with Gasteiger partial charge in [0, 0.05) is 11.8 Å². The van der Waals surface area contributed by atoms with Crippen LogP contribution in [0.15, 0.2) is 48.1 Å². The molecule has 1 aromatic carbocycles. The second-order valence-corrected chi connectivity index (χ2v) is 7.32. The molecule has 0 aromatic heterocycles. The number of anilines is 1. The number of nitrogens with one attached hydrogen (secondary N) is 1. The minimum Gasteiger partial charge on any atom is -0.489 e. The molecule has 0 radical (unpaired) electrons. The lowest BCUT2D eigenvalue weighted by Crippen LogP contribution is -2.30. The molecule has 4 heteroatoms. The standard InChI is InChI=1S/C22H29NO3/c24-21(14-17-8-3-1-4-9-17)22(25)23-19-12-7-13-20(15-19)26-16-18-10-5-2-6-11-18/h5,7,10-13,15,17,21,24H,1-4,6,8-9,14,16H2,(H,23,25). The van der Waals surface area contributed by atoms with Gasteiger partial charge in [-0.15, -0.1) is 0 Å². The molecule has 1 unspecified atom stereocenters. The van der Waals surface area contributed by atoms with E-state index in [1.165, 1.54) is 24.8 Å². The van der Waals surface area contributed by atoms with Gasteiger partial charge in [-0.05, 0) is 42.9 Å². The second kappa shape index (κ2) is 9.58. The van der Waals surface area contributed by atoms with E-state index in [0.717, 1.165) is 25.7 Å². The summed E-state index contributed by atoms with van der Waals surface area (Å²) in [6, 6.07) is 7.35. The predicted molar refractivity (Wildman–Crippen MR) is 104 cm³/mol. The molecular weight excluding hydrogens is 326 g/mol. The largest absolute Gasteiger partial charge is 0.489 e. The fourth-order valence-corrected chi connectivity index (χ4v) is 3.68. The molecule has 1 atom stereocenters. The maximum Gasteiger partial charge on any atom is 0.253 e. The number of aliphatic hydroxyl groups is 1. The highest BCUT2D eigenvalue weighted by atomic mass is 16.5. The molecule has 0 aliphatic heterocycles. The molecule has 0 spiro atoms. The van der Waals surface area contributed by atoms with Gasteiger partial charge in [0.2, 0.25) is 0 Å². The lowest BCUT2D eigenvalue weighted by Gasteiger charge is -2.23. The fourth-order valence-electron chi connectivity index (χ4n) is 3.68. The third-order valence-corrected chi connectivity index (χ3v) is 5.16. The first-order chi connectivity index (χ1) is 12.7. The number of ether oxygens (including phenoxy) is 1. The first-order valence-electron chi connectivity index (χ1n) is 9.78. The molecule has 0 bridgehead atoms. The lowest BCUT2D eigenvalue weighted by molar-refractivity contribution is -0.125. The highest BCUT2D eigenvalue weighted by molar-refractivity contribution is 5.94. The number of carbonyl (C=O) groups is 1. The van der Waals surface area contributed by atoms with Crippen LogP contribution in [0.5, 0.6) is 5.75 Å². The summed E-state index contributed by atoms with van der Waals surface area (Å²) in [6.45, 7) is 0.526. The lowest BCUT2D eigenvalue weighted by atomic mass is 9.85. The van der Waals surface area contributed by atoms with Crippen molar-refractivity contribution in [3.05, 3.63) is 48.1 Å². The second-order valence-electron chi connectivity index (χ2n) is 7.32. The summed E-state index contributed by atoms with van der Waals surface area (Å²) in [5, 5.41) is 13.0. The SMILES string of the molecule is O=C(Nc1cccc(OCC2=CCCC=C2)c1)C(O)CC1CCCCC1. The molecule has 4 nitrogen and oxygen atoms in total. The number of hydrogen-bond donors (Lipinski definition) is 2. The minimum atomic E-state index is -0.944. The van der Waals surface area contributed by atoms with E-state index in [4.69, 9.17) is 4.74 Å². The van der Waals surface area contributed by atoms with Crippen molar-refractivity contribution in [1.29, 1.82) is 0 Å². The Morgan fingerprint density at radius 3 is 2.85 bits per heavy atom. The third kappa shape index (κ3) is 5.73. The predicted octanol–water partition coefficient (Wildman–Crippen LogP) is 4.61. The molecular formula is C22H29NO3. The van der Waals surface area contributed by atoms with Crippen molar-refractivity contribution < 1.29 is 14.6 Å². The van der Waals surface area contributed by atoms with Crippen molar-refractivity contribution in [2.24, 2.45) is 5.92 Å². The van der Waals surface area contributed by atoms with Gasteiger partial charge in [0.25, 0.3) is 5.91 Å². The van der Waals surface area contributed by atoms with Crippen LogP contribution in [0.1, 0.15) is 51.4 Å². The Kier molecular flexibility index (Phi) is 6.89. The molecule has 2 N–H and O–H groups in total. The van der Waals surface area contributed by atoms with Crippen LogP contribution in [-0.2, 0) is 4.79 Å². The van der Waals surface area contributed by atoms with Crippen LogP contribution in [-0.4, -0.2) is 23.7 Å². The number of amides is 1. The van der Waals surface area contributed by atoms with Crippen LogP contribution >= 0.6 is 0 Å². The summed E-state index contributed by atoms with van der Waals surface area (Å²) in [5.41, 5.74) is 1.83. The molecule has 3 rings (SSSR count). The molecule has 1 saturated carbocycles. The molecule has 2 aliphatic rings. The van der Waals surface area contributed by atoms with E-state index in [2.05, 4.69) is 23.5 Å². The average molecular weight is 355 g/mol. The van der Waals surface area contributed by atoms with Gasteiger partial charge < -0.3 is 15.2 Å². The summed E-state index contributed by atoms with van der Waals surface area (Å²) < 4.78 is 5.82. The van der Waals surface area contributed by atoms with Crippen LogP contribution in [0.4, 0.5) is 5.69 Å². The molecule has 1 fully saturated rings. The zero-order valence-electron chi connectivity index (χ0n) is 15.3. The molecule has 1 aromatic rings. The van der Waals surface area contributed by atoms with Crippen molar-refractivity contribution >= 4 is 11.6 Å². The first kappa shape index (κ1) is 18.7. The Hall–Kier alpha value is -2.07. The zero-order chi connectivity index (χ0) is 18.2. The summed E-state index contributed by atoms with van der Waals surface area (Å²) >= 11 is 0. The van der Waals surface area contributed by atoms with Gasteiger partial charge in [0.1, 0.15) is 18.5 Å². The summed E-state index contributed by atoms with van der Waals surface area (Å²) in [5.74, 6) is 0.853. The van der Waals surface area contributed by atoms with Gasteiger partial charge in [0.05, 0.1) is 0 Å². The number of rotatable bonds is 7. The van der Waals surface area contributed by atoms with Gasteiger partial charge in [-0.25, -0.2) is 0 Å². The Morgan fingerprint density at radius 1 is 1.23 bits per heavy atom. The van der Waals surface area contributed by atoms with E-state index in [0.29, 0.717) is 30.4 Å². The number of aliphatic hydroxyl groups excluding tert-OH is 1. The van der Waals surface area contributed by atoms with Gasteiger partial charge >= 0.3 is 0 Å². The van der Waals surface area contributed by atoms with Crippen LogP contribution in [0.3, 0.4) is 0 Å². The third-order valence-electron chi connectivity index (χ3n) is 5.16. The normalized spacial score (nSPS) is 18.9. The Morgan fingerprint density at radius 2 is 2.08 bits per heavy atom. The van der Waals surface area contributed by atoms with Crippen LogP contribution in [0.25, 0.3) is 0 Å². The molecule has 0 heterocycles. The van der Waals surface area contributed by atoms with Gasteiger partial charge in [-0.2, -0.15) is 0 Å². The summed E-state index contributed by atoms with van der Waals surface area (Å²) in [4.78, 5) is 12.3. The highest BCUT2D eigenvalue weighted by Gasteiger charge is 2.22. The highest BCUT2D eigenvalue weighted by Crippen LogP contribution is 2.27. The topological polar surface area (TPSA) is 58.6 Å². The Bertz CT molecular complexity index is 659. The average Bonchev–Trinajstić information content (AvgIpc) is 2.68. The number of hydrogen-bond acceptors (Lipinski definition) is 3. The fraction of sp³-hybridized carbons (Fsp3) is 0.500. The zero-order valence-corrected chi connectivity index (χ0v) is 15.3. The summed E-state index contributed by atoms with van der Waals surface area (Å²) in [7, 11) is 0. The maximum atomic E-state index is 12.3. The first-order valence-corrected chi connectivity index (χ1v) is 9.78. The van der Waals surface area contributed by atoms with E-state index in [-0.39, 0.29) is 5.91 Å². The summed E-state index contributed by atoms with van der Waals surface area (Å²) in [6.07, 6.45) is 14.1. The molecule has 26 heavy (non-hydrogen) atoms. The number of allylic oxidation sites excluding steroid dienone is 2. The van der Waals surface area contributed by atoms with Crippen molar-refractivity contribution in [2.75, 3.05) is 11.9 Å². The number of carbonyl (C=O) groups excluding carboxylic acids is 1. The van der Waals surface area contributed by atoms with Crippen LogP contribution < -0.4 is 10.1 Å². The van der Waals surface area contributed by atoms with Gasteiger partial charge in [0.15, 0.2) is 0 Å². The van der Waals surface area contributed by atoms with E-state index in [1.807, 2.05) is 18.2 Å². The molecule has 2 aliphatic carbocycles. The maximum absolute atomic E-state index is 12.3. The monoisotopic (exact) mass is 355 g/mol. The van der Waals surface area contributed by atoms with Gasteiger partial charge in [-0.1, -0.05) is 56.4 Å². The van der Waals surface area contributed by atoms with E-state index < -0.39 is 6.10 Å². The molecule has 140 valence electrons. The quantitative estimate of drug-likeness (QED) is 0.751. The number of benzene rings is 1. The van der Waals surface area contributed by atoms with Crippen LogP contribution in [0.2, 0.25) is 0 Å². The Balaban J connectivity index is 1.49. The van der Waals surface area contributed by atoms with E-state index >= 15 is 0 Å². The van der Waals surface area contributed by atoms with Crippen molar-refractivity contribution in [3.8, 4) is 5.75 Å². The van der Waals surface area contributed by atoms with Crippen LogP contribution in [0, 0.1) is 5.92 Å². The van der Waals surface area contributed by atoms with Crippen molar-refractivity contribution in [1.82, 2.24) is 0 Å². The van der Waals surface area contributed by atoms with Gasteiger partial charge in [-0.3, -0.25) is 4.79 Å². The Labute approximate surface area is 155 Å². The van der Waals surface area contributed by atoms with Crippen molar-refractivity contribution in [2.45, 2.75) is 57.5 Å².